The molecule has 0 saturated heterocycles. The van der Waals surface area contributed by atoms with Gasteiger partial charge in [-0.05, 0) is 30.7 Å². The van der Waals surface area contributed by atoms with Crippen LogP contribution < -0.4 is 14.4 Å². The van der Waals surface area contributed by atoms with Crippen molar-refractivity contribution < 1.29 is 14.4 Å². The largest absolute Gasteiger partial charge is 0.493 e. The van der Waals surface area contributed by atoms with Gasteiger partial charge in [0.25, 0.3) is 0 Å². The molecule has 3 nitrogen and oxygen atoms in total. The maximum absolute atomic E-state index is 5.39. The first-order valence-corrected chi connectivity index (χ1v) is 6.41. The van der Waals surface area contributed by atoms with E-state index in [1.54, 1.807) is 19.1 Å². The zero-order valence-electron chi connectivity index (χ0n) is 11.5. The summed E-state index contributed by atoms with van der Waals surface area (Å²) in [6, 6.07) is 4.72. The van der Waals surface area contributed by atoms with Crippen LogP contribution in [0, 0.1) is 0 Å². The van der Waals surface area contributed by atoms with Gasteiger partial charge in [-0.2, -0.15) is 0 Å². The molecule has 1 aromatic carbocycles. The van der Waals surface area contributed by atoms with Gasteiger partial charge in [0.1, 0.15) is 6.04 Å². The summed E-state index contributed by atoms with van der Waals surface area (Å²) in [6.07, 6.45) is 3.08. The number of quaternary nitrogens is 1. The van der Waals surface area contributed by atoms with Crippen LogP contribution in [0.3, 0.4) is 0 Å². The molecule has 1 aliphatic heterocycles. The van der Waals surface area contributed by atoms with E-state index in [2.05, 4.69) is 25.6 Å². The number of benzene rings is 1. The third-order valence-corrected chi connectivity index (χ3v) is 3.85. The summed E-state index contributed by atoms with van der Waals surface area (Å²) in [5, 5.41) is 0. The summed E-state index contributed by atoms with van der Waals surface area (Å²) >= 11 is 0. The van der Waals surface area contributed by atoms with Gasteiger partial charge in [-0.1, -0.05) is 6.58 Å². The van der Waals surface area contributed by atoms with Crippen LogP contribution in [0.4, 0.5) is 0 Å². The summed E-state index contributed by atoms with van der Waals surface area (Å²) in [4.78, 5) is 1.56. The van der Waals surface area contributed by atoms with Crippen molar-refractivity contribution in [3.8, 4) is 11.5 Å². The molecule has 3 heteroatoms. The quantitative estimate of drug-likeness (QED) is 0.814. The highest BCUT2D eigenvalue weighted by Gasteiger charge is 2.28. The van der Waals surface area contributed by atoms with Crippen LogP contribution >= 0.6 is 0 Å². The first-order chi connectivity index (χ1) is 8.71. The van der Waals surface area contributed by atoms with Crippen LogP contribution in [0.2, 0.25) is 0 Å². The Balaban J connectivity index is 2.38. The van der Waals surface area contributed by atoms with Gasteiger partial charge in [0.2, 0.25) is 0 Å². The lowest BCUT2D eigenvalue weighted by Gasteiger charge is -2.32. The second-order valence-corrected chi connectivity index (χ2v) is 4.78. The molecule has 0 amide bonds. The molecule has 0 aliphatic carbocycles. The fourth-order valence-corrected chi connectivity index (χ4v) is 2.75. The third-order valence-electron chi connectivity index (χ3n) is 3.85. The summed E-state index contributed by atoms with van der Waals surface area (Å²) in [5.41, 5.74) is 2.75. The van der Waals surface area contributed by atoms with Crippen LogP contribution in [0.25, 0.3) is 0 Å². The Kier molecular flexibility index (Phi) is 3.92. The summed E-state index contributed by atoms with van der Waals surface area (Å²) in [7, 11) is 3.37. The number of hydrogen-bond donors (Lipinski definition) is 1. The molecule has 1 heterocycles. The van der Waals surface area contributed by atoms with E-state index >= 15 is 0 Å². The highest BCUT2D eigenvalue weighted by atomic mass is 16.5. The number of ether oxygens (including phenoxy) is 2. The molecule has 0 bridgehead atoms. The van der Waals surface area contributed by atoms with Crippen molar-refractivity contribution in [2.75, 3.05) is 27.3 Å². The lowest BCUT2D eigenvalue weighted by atomic mass is 9.93. The van der Waals surface area contributed by atoms with Crippen molar-refractivity contribution in [2.24, 2.45) is 0 Å². The van der Waals surface area contributed by atoms with E-state index < -0.39 is 0 Å². The van der Waals surface area contributed by atoms with Gasteiger partial charge in [0.05, 0.1) is 27.3 Å². The second kappa shape index (κ2) is 5.44. The van der Waals surface area contributed by atoms with Gasteiger partial charge in [-0.15, -0.1) is 0 Å². The maximum atomic E-state index is 5.39. The molecule has 1 aromatic rings. The van der Waals surface area contributed by atoms with Crippen LogP contribution in [-0.2, 0) is 6.42 Å². The van der Waals surface area contributed by atoms with Gasteiger partial charge in [-0.3, -0.25) is 0 Å². The predicted molar refractivity (Wildman–Crippen MR) is 72.6 cm³/mol. The zero-order chi connectivity index (χ0) is 13.1. The van der Waals surface area contributed by atoms with Gasteiger partial charge >= 0.3 is 0 Å². The summed E-state index contributed by atoms with van der Waals surface area (Å²) in [6.45, 7) is 8.26. The Bertz CT molecular complexity index is 442. The van der Waals surface area contributed by atoms with E-state index in [0.717, 1.165) is 31.0 Å². The monoisotopic (exact) mass is 248 g/mol. The Morgan fingerprint density at radius 2 is 2.00 bits per heavy atom. The van der Waals surface area contributed by atoms with Crippen LogP contribution in [0.15, 0.2) is 24.8 Å². The molecule has 0 spiro atoms. The normalized spacial score (nSPS) is 22.2. The molecule has 2 unspecified atom stereocenters. The molecule has 1 N–H and O–H groups in total. The smallest absolute Gasteiger partial charge is 0.161 e. The van der Waals surface area contributed by atoms with E-state index in [1.165, 1.54) is 11.1 Å². The Labute approximate surface area is 109 Å². The summed E-state index contributed by atoms with van der Waals surface area (Å²) in [5.74, 6) is 1.65. The van der Waals surface area contributed by atoms with E-state index in [1.807, 2.05) is 6.08 Å². The Hall–Kier alpha value is -1.48. The topological polar surface area (TPSA) is 22.9 Å². The molecule has 98 valence electrons. The lowest BCUT2D eigenvalue weighted by molar-refractivity contribution is -0.926. The molecule has 0 radical (unpaired) electrons. The Morgan fingerprint density at radius 3 is 2.61 bits per heavy atom. The number of rotatable bonds is 4. The lowest BCUT2D eigenvalue weighted by Crippen LogP contribution is -3.12. The number of hydrogen-bond acceptors (Lipinski definition) is 2. The SMILES string of the molecule is C=CC[NH+]1CCc2cc(OC)c(OC)cc2C1C. The minimum absolute atomic E-state index is 0.478. The molecule has 18 heavy (non-hydrogen) atoms. The van der Waals surface area contributed by atoms with E-state index in [9.17, 15) is 0 Å². The Morgan fingerprint density at radius 1 is 1.33 bits per heavy atom. The van der Waals surface area contributed by atoms with Crippen molar-refractivity contribution in [3.63, 3.8) is 0 Å². The molecular weight excluding hydrogens is 226 g/mol. The van der Waals surface area contributed by atoms with Crippen LogP contribution in [0.5, 0.6) is 11.5 Å². The predicted octanol–water partition coefficient (Wildman–Crippen LogP) is 1.39. The van der Waals surface area contributed by atoms with Gasteiger partial charge < -0.3 is 14.4 Å². The van der Waals surface area contributed by atoms with Crippen molar-refractivity contribution in [2.45, 2.75) is 19.4 Å². The molecule has 1 aliphatic rings. The highest BCUT2D eigenvalue weighted by Crippen LogP contribution is 2.33. The summed E-state index contributed by atoms with van der Waals surface area (Å²) < 4.78 is 10.8. The highest BCUT2D eigenvalue weighted by molar-refractivity contribution is 5.48. The molecule has 0 fully saturated rings. The van der Waals surface area contributed by atoms with Crippen molar-refractivity contribution >= 4 is 0 Å². The fraction of sp³-hybridized carbons (Fsp3) is 0.467. The van der Waals surface area contributed by atoms with Gasteiger partial charge in [0, 0.05) is 12.0 Å². The standard InChI is InChI=1S/C15H21NO2/c1-5-7-16-8-6-12-9-14(17-3)15(18-4)10-13(12)11(16)2/h5,9-11H,1,6-8H2,2-4H3/p+1. The van der Waals surface area contributed by atoms with Crippen LogP contribution in [0.1, 0.15) is 24.1 Å². The van der Waals surface area contributed by atoms with Gasteiger partial charge in [0.15, 0.2) is 11.5 Å². The molecular formula is C15H22NO2+. The molecule has 0 aromatic heterocycles. The molecule has 2 rings (SSSR count). The van der Waals surface area contributed by atoms with Crippen molar-refractivity contribution in [3.05, 3.63) is 35.9 Å². The van der Waals surface area contributed by atoms with E-state index in [-0.39, 0.29) is 0 Å². The minimum Gasteiger partial charge on any atom is -0.493 e. The number of methoxy groups -OCH3 is 2. The van der Waals surface area contributed by atoms with Crippen molar-refractivity contribution in [1.82, 2.24) is 0 Å². The minimum atomic E-state index is 0.478. The second-order valence-electron chi connectivity index (χ2n) is 4.78. The molecule has 2 atom stereocenters. The molecule has 0 saturated carbocycles. The fourth-order valence-electron chi connectivity index (χ4n) is 2.75. The average Bonchev–Trinajstić information content (AvgIpc) is 2.41. The zero-order valence-corrected chi connectivity index (χ0v) is 11.5. The van der Waals surface area contributed by atoms with E-state index in [0.29, 0.717) is 6.04 Å². The third kappa shape index (κ3) is 2.23. The average molecular weight is 248 g/mol. The number of fused-ring (bicyclic) bond motifs is 1. The van der Waals surface area contributed by atoms with Crippen molar-refractivity contribution in [1.29, 1.82) is 0 Å². The van der Waals surface area contributed by atoms with Gasteiger partial charge in [-0.25, -0.2) is 0 Å². The van der Waals surface area contributed by atoms with E-state index in [4.69, 9.17) is 9.47 Å². The van der Waals surface area contributed by atoms with Crippen LogP contribution in [-0.4, -0.2) is 27.3 Å². The number of nitrogens with one attached hydrogen (secondary N) is 1. The first kappa shape index (κ1) is 13.0. The maximum Gasteiger partial charge on any atom is 0.161 e. The first-order valence-electron chi connectivity index (χ1n) is 6.41.